The topological polar surface area (TPSA) is 102 Å². The zero-order chi connectivity index (χ0) is 14.7. The molecule has 0 amide bonds. The molecule has 1 heterocycles. The van der Waals surface area contributed by atoms with Crippen molar-refractivity contribution < 1.29 is 14.6 Å². The molecule has 2 aromatic rings. The van der Waals surface area contributed by atoms with E-state index in [1.165, 1.54) is 6.07 Å². The molecule has 0 bridgehead atoms. The van der Waals surface area contributed by atoms with Crippen LogP contribution < -0.4 is 0 Å². The van der Waals surface area contributed by atoms with Crippen molar-refractivity contribution >= 4 is 5.69 Å². The van der Waals surface area contributed by atoms with E-state index in [-0.39, 0.29) is 23.0 Å². The van der Waals surface area contributed by atoms with Gasteiger partial charge in [0.15, 0.2) is 0 Å². The van der Waals surface area contributed by atoms with Crippen LogP contribution in [0.15, 0.2) is 22.7 Å². The van der Waals surface area contributed by atoms with Gasteiger partial charge in [-0.1, -0.05) is 24.6 Å². The van der Waals surface area contributed by atoms with Gasteiger partial charge in [-0.15, -0.1) is 0 Å². The molecule has 0 radical (unpaired) electrons. The fraction of sp³-hybridized carbons (Fsp3) is 0.385. The van der Waals surface area contributed by atoms with Gasteiger partial charge in [-0.2, -0.15) is 4.98 Å². The second-order valence-corrected chi connectivity index (χ2v) is 4.54. The molecule has 2 rings (SSSR count). The van der Waals surface area contributed by atoms with Crippen LogP contribution in [-0.2, 0) is 0 Å². The summed E-state index contributed by atoms with van der Waals surface area (Å²) < 4.78 is 5.04. The highest BCUT2D eigenvalue weighted by Crippen LogP contribution is 2.30. The minimum atomic E-state index is -0.818. The maximum absolute atomic E-state index is 11.0. The van der Waals surface area contributed by atoms with Gasteiger partial charge >= 0.3 is 0 Å². The number of aromatic nitrogens is 2. The van der Waals surface area contributed by atoms with Crippen LogP contribution >= 0.6 is 0 Å². The molecule has 1 aromatic heterocycles. The number of nitro benzene ring substituents is 1. The second kappa shape index (κ2) is 5.79. The fourth-order valence-electron chi connectivity index (χ4n) is 1.86. The van der Waals surface area contributed by atoms with Crippen LogP contribution in [0.25, 0.3) is 11.5 Å². The minimum Gasteiger partial charge on any atom is -0.385 e. The van der Waals surface area contributed by atoms with Crippen molar-refractivity contribution in [2.45, 2.75) is 32.8 Å². The molecule has 7 heteroatoms. The number of aliphatic hydroxyl groups excluding tert-OH is 1. The summed E-state index contributed by atoms with van der Waals surface area (Å²) in [7, 11) is 0. The number of hydrogen-bond donors (Lipinski definition) is 1. The Kier molecular flexibility index (Phi) is 4.09. The van der Waals surface area contributed by atoms with Gasteiger partial charge in [0.1, 0.15) is 11.7 Å². The summed E-state index contributed by atoms with van der Waals surface area (Å²) >= 11 is 0. The molecule has 1 unspecified atom stereocenters. The highest BCUT2D eigenvalue weighted by Gasteiger charge is 2.22. The standard InChI is InChI=1S/C13H15N3O4/c1-3-4-11(17)12-14-13(20-15-12)9-7-8(2)5-6-10(9)16(18)19/h5-7,11,17H,3-4H2,1-2H3. The number of rotatable bonds is 5. The maximum atomic E-state index is 11.0. The normalized spacial score (nSPS) is 12.3. The van der Waals surface area contributed by atoms with Crippen LogP contribution in [0.5, 0.6) is 0 Å². The molecular weight excluding hydrogens is 262 g/mol. The minimum absolute atomic E-state index is 0.0468. The first-order valence-electron chi connectivity index (χ1n) is 6.30. The van der Waals surface area contributed by atoms with E-state index in [1.807, 2.05) is 13.8 Å². The van der Waals surface area contributed by atoms with Crippen molar-refractivity contribution in [1.29, 1.82) is 0 Å². The molecule has 1 atom stereocenters. The fourth-order valence-corrected chi connectivity index (χ4v) is 1.86. The highest BCUT2D eigenvalue weighted by molar-refractivity contribution is 5.67. The van der Waals surface area contributed by atoms with Crippen molar-refractivity contribution in [3.63, 3.8) is 0 Å². The lowest BCUT2D eigenvalue weighted by molar-refractivity contribution is -0.384. The molecule has 0 saturated carbocycles. The van der Waals surface area contributed by atoms with E-state index in [0.29, 0.717) is 6.42 Å². The Morgan fingerprint density at radius 1 is 1.50 bits per heavy atom. The average molecular weight is 277 g/mol. The predicted molar refractivity (Wildman–Crippen MR) is 71.0 cm³/mol. The zero-order valence-corrected chi connectivity index (χ0v) is 11.2. The Balaban J connectivity index is 2.41. The third kappa shape index (κ3) is 2.83. The molecule has 0 aliphatic carbocycles. The molecule has 20 heavy (non-hydrogen) atoms. The third-order valence-electron chi connectivity index (χ3n) is 2.88. The van der Waals surface area contributed by atoms with Crippen LogP contribution in [0.4, 0.5) is 5.69 Å². The second-order valence-electron chi connectivity index (χ2n) is 4.54. The lowest BCUT2D eigenvalue weighted by Crippen LogP contribution is -1.99. The summed E-state index contributed by atoms with van der Waals surface area (Å²) in [5, 5.41) is 24.5. The summed E-state index contributed by atoms with van der Waals surface area (Å²) in [6.07, 6.45) is 0.464. The van der Waals surface area contributed by atoms with E-state index >= 15 is 0 Å². The SMILES string of the molecule is CCCC(O)c1noc(-c2cc(C)ccc2[N+](=O)[O-])n1. The van der Waals surface area contributed by atoms with Crippen molar-refractivity contribution in [2.75, 3.05) is 0 Å². The van der Waals surface area contributed by atoms with E-state index in [1.54, 1.807) is 12.1 Å². The van der Waals surface area contributed by atoms with Crippen LogP contribution in [0, 0.1) is 17.0 Å². The van der Waals surface area contributed by atoms with Crippen molar-refractivity contribution in [3.8, 4) is 11.5 Å². The van der Waals surface area contributed by atoms with Gasteiger partial charge in [-0.3, -0.25) is 10.1 Å². The molecule has 0 aliphatic heterocycles. The van der Waals surface area contributed by atoms with Crippen LogP contribution in [0.2, 0.25) is 0 Å². The first-order valence-corrected chi connectivity index (χ1v) is 6.30. The molecule has 7 nitrogen and oxygen atoms in total. The van der Waals surface area contributed by atoms with Crippen molar-refractivity contribution in [2.24, 2.45) is 0 Å². The summed E-state index contributed by atoms with van der Waals surface area (Å²) in [4.78, 5) is 14.6. The number of benzene rings is 1. The molecule has 1 N–H and O–H groups in total. The summed E-state index contributed by atoms with van der Waals surface area (Å²) in [5.41, 5.74) is 1.01. The van der Waals surface area contributed by atoms with Crippen LogP contribution in [-0.4, -0.2) is 20.2 Å². The molecule has 1 aromatic carbocycles. The average Bonchev–Trinajstić information content (AvgIpc) is 2.88. The van der Waals surface area contributed by atoms with E-state index in [2.05, 4.69) is 10.1 Å². The Labute approximate surface area is 115 Å². The smallest absolute Gasteiger partial charge is 0.282 e. The zero-order valence-electron chi connectivity index (χ0n) is 11.2. The number of aryl methyl sites for hydroxylation is 1. The third-order valence-corrected chi connectivity index (χ3v) is 2.88. The summed E-state index contributed by atoms with van der Waals surface area (Å²) in [6.45, 7) is 3.74. The van der Waals surface area contributed by atoms with Gasteiger partial charge in [0, 0.05) is 6.07 Å². The number of nitro groups is 1. The van der Waals surface area contributed by atoms with E-state index in [4.69, 9.17) is 4.52 Å². The van der Waals surface area contributed by atoms with Gasteiger partial charge in [-0.05, 0) is 25.0 Å². The first-order chi connectivity index (χ1) is 9.52. The lowest BCUT2D eigenvalue weighted by Gasteiger charge is -2.01. The van der Waals surface area contributed by atoms with Gasteiger partial charge in [0.2, 0.25) is 5.82 Å². The molecule has 0 spiro atoms. The summed E-state index contributed by atoms with van der Waals surface area (Å²) in [5.74, 6) is 0.197. The molecule has 0 aliphatic rings. The number of hydrogen-bond acceptors (Lipinski definition) is 6. The van der Waals surface area contributed by atoms with E-state index in [9.17, 15) is 15.2 Å². The van der Waals surface area contributed by atoms with E-state index < -0.39 is 11.0 Å². The van der Waals surface area contributed by atoms with Crippen molar-refractivity contribution in [3.05, 3.63) is 39.7 Å². The summed E-state index contributed by atoms with van der Waals surface area (Å²) in [6, 6.07) is 4.66. The van der Waals surface area contributed by atoms with E-state index in [0.717, 1.165) is 12.0 Å². The van der Waals surface area contributed by atoms with Crippen molar-refractivity contribution in [1.82, 2.24) is 10.1 Å². The van der Waals surface area contributed by atoms with Gasteiger partial charge in [0.25, 0.3) is 11.6 Å². The molecular formula is C13H15N3O4. The Hall–Kier alpha value is -2.28. The monoisotopic (exact) mass is 277 g/mol. The Morgan fingerprint density at radius 3 is 2.90 bits per heavy atom. The quantitative estimate of drug-likeness (QED) is 0.665. The van der Waals surface area contributed by atoms with Gasteiger partial charge < -0.3 is 9.63 Å². The number of aliphatic hydroxyl groups is 1. The molecule has 0 fully saturated rings. The van der Waals surface area contributed by atoms with Crippen LogP contribution in [0.3, 0.4) is 0 Å². The lowest BCUT2D eigenvalue weighted by atomic mass is 10.1. The molecule has 0 saturated heterocycles. The van der Waals surface area contributed by atoms with Gasteiger partial charge in [0.05, 0.1) is 4.92 Å². The van der Waals surface area contributed by atoms with Gasteiger partial charge in [-0.25, -0.2) is 0 Å². The predicted octanol–water partition coefficient (Wildman–Crippen LogP) is 2.79. The Morgan fingerprint density at radius 2 is 2.25 bits per heavy atom. The largest absolute Gasteiger partial charge is 0.385 e. The van der Waals surface area contributed by atoms with Crippen LogP contribution in [0.1, 0.15) is 37.3 Å². The number of nitrogens with zero attached hydrogens (tertiary/aromatic N) is 3. The maximum Gasteiger partial charge on any atom is 0.282 e. The molecule has 106 valence electrons. The first kappa shape index (κ1) is 14.1. The highest BCUT2D eigenvalue weighted by atomic mass is 16.6. The Bertz CT molecular complexity index is 624.